The van der Waals surface area contributed by atoms with E-state index >= 15 is 0 Å². The van der Waals surface area contributed by atoms with Gasteiger partial charge in [0.2, 0.25) is 5.91 Å². The molecule has 0 radical (unpaired) electrons. The van der Waals surface area contributed by atoms with Gasteiger partial charge in [0.1, 0.15) is 5.15 Å². The van der Waals surface area contributed by atoms with Gasteiger partial charge in [-0.15, -0.1) is 0 Å². The molecule has 5 heteroatoms. The molecule has 0 spiro atoms. The van der Waals surface area contributed by atoms with E-state index in [9.17, 15) is 4.79 Å². The molecule has 76 valence electrons. The minimum Gasteiger partial charge on any atom is -0.324 e. The van der Waals surface area contributed by atoms with Gasteiger partial charge < -0.3 is 5.32 Å². The largest absolute Gasteiger partial charge is 0.324 e. The van der Waals surface area contributed by atoms with Crippen molar-refractivity contribution in [3.05, 3.63) is 23.0 Å². The fourth-order valence-electron chi connectivity index (χ4n) is 0.961. The Morgan fingerprint density at radius 1 is 1.64 bits per heavy atom. The predicted molar refractivity (Wildman–Crippen MR) is 61.0 cm³/mol. The van der Waals surface area contributed by atoms with E-state index in [0.717, 1.165) is 5.69 Å². The van der Waals surface area contributed by atoms with E-state index in [-0.39, 0.29) is 5.91 Å². The fraction of sp³-hybridized carbons (Fsp3) is 0.333. The van der Waals surface area contributed by atoms with Crippen LogP contribution in [0.4, 0.5) is 5.69 Å². The molecule has 0 fully saturated rings. The number of amides is 1. The van der Waals surface area contributed by atoms with Crippen LogP contribution in [0.3, 0.4) is 0 Å². The molecule has 0 saturated heterocycles. The summed E-state index contributed by atoms with van der Waals surface area (Å²) in [4.78, 5) is 15.3. The quantitative estimate of drug-likeness (QED) is 0.682. The second kappa shape index (κ2) is 5.32. The third kappa shape index (κ3) is 3.27. The van der Waals surface area contributed by atoms with Crippen molar-refractivity contribution in [1.82, 2.24) is 4.98 Å². The highest BCUT2D eigenvalue weighted by Gasteiger charge is 2.04. The molecular formula is C9H10BrClN2O. The van der Waals surface area contributed by atoms with E-state index < -0.39 is 0 Å². The number of nitrogens with one attached hydrogen (secondary N) is 1. The number of rotatable bonds is 3. The third-order valence-corrected chi connectivity index (χ3v) is 2.25. The van der Waals surface area contributed by atoms with Crippen LogP contribution in [0.2, 0.25) is 5.15 Å². The number of aromatic nitrogens is 1. The summed E-state index contributed by atoms with van der Waals surface area (Å²) in [6.45, 7) is 1.80. The highest BCUT2D eigenvalue weighted by molar-refractivity contribution is 9.09. The number of anilines is 1. The average molecular weight is 278 g/mol. The molecule has 0 bridgehead atoms. The Hall–Kier alpha value is -0.610. The second-order valence-electron chi connectivity index (χ2n) is 2.75. The molecule has 0 saturated carbocycles. The summed E-state index contributed by atoms with van der Waals surface area (Å²) in [6.07, 6.45) is 0.446. The van der Waals surface area contributed by atoms with Gasteiger partial charge in [0, 0.05) is 11.8 Å². The lowest BCUT2D eigenvalue weighted by atomic mass is 10.3. The maximum Gasteiger partial charge on any atom is 0.225 e. The van der Waals surface area contributed by atoms with Crippen molar-refractivity contribution in [2.75, 3.05) is 10.6 Å². The normalized spacial score (nSPS) is 9.93. The summed E-state index contributed by atoms with van der Waals surface area (Å²) in [5.41, 5.74) is 1.43. The molecule has 1 aromatic heterocycles. The zero-order valence-corrected chi connectivity index (χ0v) is 10.0. The summed E-state index contributed by atoms with van der Waals surface area (Å²) in [6, 6.07) is 3.40. The SMILES string of the molecule is Cc1nc(Cl)ccc1NC(=O)CCBr. The van der Waals surface area contributed by atoms with Crippen LogP contribution >= 0.6 is 27.5 Å². The van der Waals surface area contributed by atoms with Crippen molar-refractivity contribution >= 4 is 39.1 Å². The summed E-state index contributed by atoms with van der Waals surface area (Å²) in [7, 11) is 0. The number of hydrogen-bond acceptors (Lipinski definition) is 2. The molecule has 3 nitrogen and oxygen atoms in total. The number of carbonyl (C=O) groups is 1. The predicted octanol–water partition coefficient (Wildman–Crippen LogP) is 2.77. The first-order valence-electron chi connectivity index (χ1n) is 4.12. The summed E-state index contributed by atoms with van der Waals surface area (Å²) < 4.78 is 0. The third-order valence-electron chi connectivity index (χ3n) is 1.65. The van der Waals surface area contributed by atoms with E-state index in [0.29, 0.717) is 22.6 Å². The van der Waals surface area contributed by atoms with Gasteiger partial charge in [-0.3, -0.25) is 4.79 Å². The molecule has 0 aromatic carbocycles. The van der Waals surface area contributed by atoms with E-state index in [1.807, 2.05) is 0 Å². The van der Waals surface area contributed by atoms with Crippen LogP contribution in [0.15, 0.2) is 12.1 Å². The van der Waals surface area contributed by atoms with Crippen LogP contribution in [-0.2, 0) is 4.79 Å². The molecule has 1 N–H and O–H groups in total. The monoisotopic (exact) mass is 276 g/mol. The van der Waals surface area contributed by atoms with Gasteiger partial charge in [-0.1, -0.05) is 27.5 Å². The minimum absolute atomic E-state index is 0.0332. The molecular weight excluding hydrogens is 267 g/mol. The Balaban J connectivity index is 2.72. The number of nitrogens with zero attached hydrogens (tertiary/aromatic N) is 1. The summed E-state index contributed by atoms with van der Waals surface area (Å²) >= 11 is 8.88. The summed E-state index contributed by atoms with van der Waals surface area (Å²) in [5, 5.41) is 3.83. The number of hydrogen-bond donors (Lipinski definition) is 1. The zero-order chi connectivity index (χ0) is 10.6. The number of carbonyl (C=O) groups excluding carboxylic acids is 1. The van der Waals surface area contributed by atoms with Crippen LogP contribution in [0.1, 0.15) is 12.1 Å². The Bertz CT molecular complexity index is 344. The molecule has 1 heterocycles. The first-order chi connectivity index (χ1) is 6.63. The van der Waals surface area contributed by atoms with E-state index in [2.05, 4.69) is 26.2 Å². The molecule has 0 aliphatic heterocycles. The topological polar surface area (TPSA) is 42.0 Å². The van der Waals surface area contributed by atoms with Crippen molar-refractivity contribution in [1.29, 1.82) is 0 Å². The van der Waals surface area contributed by atoms with Gasteiger partial charge in [-0.05, 0) is 19.1 Å². The molecule has 1 rings (SSSR count). The van der Waals surface area contributed by atoms with Crippen molar-refractivity contribution < 1.29 is 4.79 Å². The maximum atomic E-state index is 11.2. The Morgan fingerprint density at radius 3 is 2.93 bits per heavy atom. The van der Waals surface area contributed by atoms with Gasteiger partial charge in [0.15, 0.2) is 0 Å². The van der Waals surface area contributed by atoms with Crippen LogP contribution in [-0.4, -0.2) is 16.2 Å². The van der Waals surface area contributed by atoms with Crippen molar-refractivity contribution in [3.63, 3.8) is 0 Å². The van der Waals surface area contributed by atoms with Gasteiger partial charge in [0.05, 0.1) is 11.4 Å². The van der Waals surface area contributed by atoms with Crippen molar-refractivity contribution in [2.45, 2.75) is 13.3 Å². The zero-order valence-electron chi connectivity index (χ0n) is 7.68. The number of halogens is 2. The van der Waals surface area contributed by atoms with Gasteiger partial charge in [-0.2, -0.15) is 0 Å². The Morgan fingerprint density at radius 2 is 2.36 bits per heavy atom. The number of aryl methyl sites for hydroxylation is 1. The Kier molecular flexibility index (Phi) is 4.35. The molecule has 0 aliphatic carbocycles. The molecule has 0 aliphatic rings. The number of alkyl halides is 1. The summed E-state index contributed by atoms with van der Waals surface area (Å²) in [5.74, 6) is -0.0332. The second-order valence-corrected chi connectivity index (χ2v) is 3.93. The van der Waals surface area contributed by atoms with Gasteiger partial charge in [-0.25, -0.2) is 4.98 Å². The van der Waals surface area contributed by atoms with E-state index in [4.69, 9.17) is 11.6 Å². The van der Waals surface area contributed by atoms with E-state index in [1.54, 1.807) is 19.1 Å². The van der Waals surface area contributed by atoms with Crippen LogP contribution < -0.4 is 5.32 Å². The van der Waals surface area contributed by atoms with Crippen LogP contribution in [0.25, 0.3) is 0 Å². The van der Waals surface area contributed by atoms with Crippen molar-refractivity contribution in [2.24, 2.45) is 0 Å². The molecule has 1 aromatic rings. The molecule has 1 amide bonds. The highest BCUT2D eigenvalue weighted by Crippen LogP contribution is 2.15. The van der Waals surface area contributed by atoms with Crippen LogP contribution in [0, 0.1) is 6.92 Å². The number of pyridine rings is 1. The lowest BCUT2D eigenvalue weighted by Crippen LogP contribution is -2.12. The first-order valence-corrected chi connectivity index (χ1v) is 5.62. The average Bonchev–Trinajstić information content (AvgIpc) is 2.10. The lowest BCUT2D eigenvalue weighted by Gasteiger charge is -2.06. The van der Waals surface area contributed by atoms with Crippen LogP contribution in [0.5, 0.6) is 0 Å². The molecule has 0 unspecified atom stereocenters. The van der Waals surface area contributed by atoms with Gasteiger partial charge >= 0.3 is 0 Å². The molecule has 14 heavy (non-hydrogen) atoms. The minimum atomic E-state index is -0.0332. The first kappa shape index (κ1) is 11.5. The smallest absolute Gasteiger partial charge is 0.225 e. The van der Waals surface area contributed by atoms with E-state index in [1.165, 1.54) is 0 Å². The fourth-order valence-corrected chi connectivity index (χ4v) is 1.51. The Labute approximate surface area is 96.0 Å². The highest BCUT2D eigenvalue weighted by atomic mass is 79.9. The molecule has 0 atom stereocenters. The lowest BCUT2D eigenvalue weighted by molar-refractivity contribution is -0.115. The maximum absolute atomic E-state index is 11.2. The van der Waals surface area contributed by atoms with Crippen molar-refractivity contribution in [3.8, 4) is 0 Å². The standard InChI is InChI=1S/C9H10BrClN2O/c1-6-7(2-3-8(11)12-6)13-9(14)4-5-10/h2-3H,4-5H2,1H3,(H,13,14). The van der Waals surface area contributed by atoms with Gasteiger partial charge in [0.25, 0.3) is 0 Å².